The van der Waals surface area contributed by atoms with Gasteiger partial charge in [0.1, 0.15) is 0 Å². The zero-order valence-corrected chi connectivity index (χ0v) is 17.0. The van der Waals surface area contributed by atoms with Crippen LogP contribution in [-0.2, 0) is 11.2 Å². The van der Waals surface area contributed by atoms with Gasteiger partial charge >= 0.3 is 0 Å². The number of carbonyl (C=O) groups excluding carboxylic acids is 1. The molecule has 1 amide bonds. The quantitative estimate of drug-likeness (QED) is 0.672. The predicted molar refractivity (Wildman–Crippen MR) is 114 cm³/mol. The molecule has 0 atom stereocenters. The Hall–Kier alpha value is -2.70. The van der Waals surface area contributed by atoms with E-state index < -0.39 is 0 Å². The van der Waals surface area contributed by atoms with Crippen LogP contribution in [0, 0.1) is 20.8 Å². The molecule has 0 saturated carbocycles. The molecule has 4 rings (SSSR count). The fourth-order valence-electron chi connectivity index (χ4n) is 4.06. The van der Waals surface area contributed by atoms with Crippen LogP contribution in [0.2, 0.25) is 0 Å². The van der Waals surface area contributed by atoms with E-state index in [1.807, 2.05) is 46.3 Å². The third kappa shape index (κ3) is 4.18. The lowest BCUT2D eigenvalue weighted by molar-refractivity contribution is -0.131. The van der Waals surface area contributed by atoms with Gasteiger partial charge in [-0.15, -0.1) is 5.10 Å². The van der Waals surface area contributed by atoms with E-state index in [0.29, 0.717) is 6.42 Å². The number of aryl methyl sites for hydroxylation is 2. The summed E-state index contributed by atoms with van der Waals surface area (Å²) in [6, 6.07) is 3.89. The number of hydrogen-bond acceptors (Lipinski definition) is 4. The van der Waals surface area contributed by atoms with Gasteiger partial charge in [0.05, 0.1) is 17.6 Å². The summed E-state index contributed by atoms with van der Waals surface area (Å²) >= 11 is 0. The number of amides is 1. The van der Waals surface area contributed by atoms with Crippen LogP contribution >= 0.6 is 0 Å². The van der Waals surface area contributed by atoms with Gasteiger partial charge in [0.2, 0.25) is 5.91 Å². The van der Waals surface area contributed by atoms with Crippen LogP contribution in [-0.4, -0.2) is 48.3 Å². The molecule has 0 aromatic carbocycles. The number of carbonyl (C=O) groups is 1. The van der Waals surface area contributed by atoms with Crippen molar-refractivity contribution in [2.75, 3.05) is 13.1 Å². The van der Waals surface area contributed by atoms with Crippen LogP contribution in [0.3, 0.4) is 0 Å². The van der Waals surface area contributed by atoms with Crippen molar-refractivity contribution in [3.05, 3.63) is 41.0 Å². The monoisotopic (exact) mass is 396 g/mol. The molecule has 1 aliphatic rings. The van der Waals surface area contributed by atoms with Crippen LogP contribution in [0.5, 0.6) is 0 Å². The summed E-state index contributed by atoms with van der Waals surface area (Å²) in [4.78, 5) is 19.0. The average molecular weight is 397 g/mol. The number of likely N-dealkylation sites (tertiary alicyclic amines) is 1. The fourth-order valence-corrected chi connectivity index (χ4v) is 4.06. The Morgan fingerprint density at radius 2 is 1.76 bits per heavy atom. The summed E-state index contributed by atoms with van der Waals surface area (Å²) in [5, 5.41) is 9.38. The first kappa shape index (κ1) is 21.0. The molecule has 156 valence electrons. The number of aromatic nitrogens is 5. The summed E-state index contributed by atoms with van der Waals surface area (Å²) < 4.78 is 3.70. The molecule has 1 fully saturated rings. The van der Waals surface area contributed by atoms with E-state index in [2.05, 4.69) is 17.0 Å². The highest BCUT2D eigenvalue weighted by Gasteiger charge is 2.19. The normalized spacial score (nSPS) is 14.7. The Morgan fingerprint density at radius 3 is 2.48 bits per heavy atom. The fraction of sp³-hybridized carbons (Fsp3) is 0.545. The standard InChI is InChI=1S/C21H28N6O.CH4/c1-15-14-22-19-9-10-20(24-26(15)19)27-17(3)18(16(2)23-27)8-11-21(28)25-12-6-4-5-7-13-25;/h9-10,14H,4-8,11-13H2,1-3H3;1H4. The molecule has 0 aliphatic carbocycles. The number of nitrogens with zero attached hydrogens (tertiary/aromatic N) is 6. The summed E-state index contributed by atoms with van der Waals surface area (Å²) in [6.07, 6.45) is 7.81. The molecule has 1 saturated heterocycles. The lowest BCUT2D eigenvalue weighted by Gasteiger charge is -2.20. The third-order valence-corrected chi connectivity index (χ3v) is 5.72. The van der Waals surface area contributed by atoms with Gasteiger partial charge in [-0.05, 0) is 57.7 Å². The molecule has 3 aromatic heterocycles. The van der Waals surface area contributed by atoms with Gasteiger partial charge < -0.3 is 4.90 Å². The SMILES string of the molecule is C.Cc1nn(-c2ccc3ncc(C)n3n2)c(C)c1CCC(=O)N1CCCCCC1. The summed E-state index contributed by atoms with van der Waals surface area (Å²) in [5.41, 5.74) is 4.97. The highest BCUT2D eigenvalue weighted by molar-refractivity contribution is 5.76. The maximum Gasteiger partial charge on any atom is 0.222 e. The molecule has 29 heavy (non-hydrogen) atoms. The lowest BCUT2D eigenvalue weighted by atomic mass is 10.1. The molecule has 0 N–H and O–H groups in total. The van der Waals surface area contributed by atoms with E-state index in [1.54, 1.807) is 0 Å². The Labute approximate surface area is 172 Å². The smallest absolute Gasteiger partial charge is 0.222 e. The molecule has 7 heteroatoms. The first-order valence-corrected chi connectivity index (χ1v) is 10.2. The number of hydrogen-bond donors (Lipinski definition) is 0. The Bertz CT molecular complexity index is 994. The number of fused-ring (bicyclic) bond motifs is 1. The summed E-state index contributed by atoms with van der Waals surface area (Å²) in [5.74, 6) is 1.03. The maximum atomic E-state index is 12.7. The Morgan fingerprint density at radius 1 is 1.03 bits per heavy atom. The minimum Gasteiger partial charge on any atom is -0.343 e. The van der Waals surface area contributed by atoms with Crippen LogP contribution in [0.15, 0.2) is 18.3 Å². The molecule has 0 spiro atoms. The zero-order valence-electron chi connectivity index (χ0n) is 17.0. The van der Waals surface area contributed by atoms with Crippen LogP contribution in [0.1, 0.15) is 62.2 Å². The maximum absolute atomic E-state index is 12.7. The van der Waals surface area contributed by atoms with E-state index in [9.17, 15) is 4.79 Å². The largest absolute Gasteiger partial charge is 0.343 e. The van der Waals surface area contributed by atoms with Crippen molar-refractivity contribution in [3.63, 3.8) is 0 Å². The molecule has 4 heterocycles. The van der Waals surface area contributed by atoms with Crippen LogP contribution in [0.4, 0.5) is 0 Å². The topological polar surface area (TPSA) is 68.3 Å². The van der Waals surface area contributed by atoms with Crippen molar-refractivity contribution in [1.29, 1.82) is 0 Å². The molecular formula is C22H32N6O. The van der Waals surface area contributed by atoms with Gasteiger partial charge in [-0.25, -0.2) is 14.2 Å². The van der Waals surface area contributed by atoms with Gasteiger partial charge in [-0.1, -0.05) is 20.3 Å². The van der Waals surface area contributed by atoms with E-state index in [1.165, 1.54) is 12.8 Å². The van der Waals surface area contributed by atoms with Crippen molar-refractivity contribution < 1.29 is 4.79 Å². The number of imidazole rings is 1. The minimum atomic E-state index is 0. The Balaban J connectivity index is 0.00000240. The number of rotatable bonds is 4. The molecule has 0 radical (unpaired) electrons. The second-order valence-electron chi connectivity index (χ2n) is 7.72. The highest BCUT2D eigenvalue weighted by Crippen LogP contribution is 2.20. The summed E-state index contributed by atoms with van der Waals surface area (Å²) in [7, 11) is 0. The van der Waals surface area contributed by atoms with Crippen LogP contribution in [0.25, 0.3) is 11.5 Å². The van der Waals surface area contributed by atoms with Crippen molar-refractivity contribution in [3.8, 4) is 5.82 Å². The van der Waals surface area contributed by atoms with Gasteiger partial charge in [0, 0.05) is 25.2 Å². The first-order valence-electron chi connectivity index (χ1n) is 10.2. The molecule has 1 aliphatic heterocycles. The van der Waals surface area contributed by atoms with Crippen molar-refractivity contribution >= 4 is 11.6 Å². The van der Waals surface area contributed by atoms with Crippen LogP contribution < -0.4 is 0 Å². The van der Waals surface area contributed by atoms with Gasteiger partial charge in [-0.3, -0.25) is 4.79 Å². The zero-order chi connectivity index (χ0) is 19.7. The van der Waals surface area contributed by atoms with Gasteiger partial charge in [0.25, 0.3) is 0 Å². The van der Waals surface area contributed by atoms with Crippen molar-refractivity contribution in [2.24, 2.45) is 0 Å². The first-order chi connectivity index (χ1) is 13.5. The van der Waals surface area contributed by atoms with E-state index in [4.69, 9.17) is 5.10 Å². The van der Waals surface area contributed by atoms with Gasteiger partial charge in [-0.2, -0.15) is 5.10 Å². The third-order valence-electron chi connectivity index (χ3n) is 5.72. The second kappa shape index (κ2) is 8.76. The molecular weight excluding hydrogens is 364 g/mol. The Kier molecular flexibility index (Phi) is 6.35. The minimum absolute atomic E-state index is 0. The van der Waals surface area contributed by atoms with Crippen molar-refractivity contribution in [1.82, 2.24) is 29.3 Å². The average Bonchev–Trinajstić information content (AvgIpc) is 3.05. The molecule has 0 bridgehead atoms. The molecule has 0 unspecified atom stereocenters. The van der Waals surface area contributed by atoms with E-state index in [-0.39, 0.29) is 13.3 Å². The second-order valence-corrected chi connectivity index (χ2v) is 7.72. The van der Waals surface area contributed by atoms with Crippen molar-refractivity contribution in [2.45, 2.75) is 66.7 Å². The van der Waals surface area contributed by atoms with E-state index >= 15 is 0 Å². The molecule has 3 aromatic rings. The lowest BCUT2D eigenvalue weighted by Crippen LogP contribution is -2.32. The van der Waals surface area contributed by atoms with Gasteiger partial charge in [0.15, 0.2) is 11.5 Å². The van der Waals surface area contributed by atoms with E-state index in [0.717, 1.165) is 66.5 Å². The summed E-state index contributed by atoms with van der Waals surface area (Å²) in [6.45, 7) is 7.86. The molecule has 7 nitrogen and oxygen atoms in total. The highest BCUT2D eigenvalue weighted by atomic mass is 16.2. The predicted octanol–water partition coefficient (Wildman–Crippen LogP) is 3.81.